The number of carbonyl (C=O) groups excluding carboxylic acids is 1. The molecule has 1 atom stereocenters. The first-order valence-electron chi connectivity index (χ1n) is 11.8. The van der Waals surface area contributed by atoms with Crippen LogP contribution in [-0.4, -0.2) is 51.5 Å². The lowest BCUT2D eigenvalue weighted by molar-refractivity contribution is -0.113. The Morgan fingerprint density at radius 1 is 1.06 bits per heavy atom. The maximum atomic E-state index is 12.8. The fourth-order valence-corrected chi connectivity index (χ4v) is 5.16. The average molecular weight is 480 g/mol. The van der Waals surface area contributed by atoms with E-state index in [2.05, 4.69) is 31.9 Å². The molecule has 1 N–H and O–H groups in total. The number of anilines is 1. The number of piperidine rings is 1. The molecule has 1 aliphatic rings. The first-order valence-corrected chi connectivity index (χ1v) is 12.8. The Bertz CT molecular complexity index is 1100. The number of hydrogen-bond acceptors (Lipinski definition) is 6. The number of carbonyl (C=O) groups is 1. The van der Waals surface area contributed by atoms with Gasteiger partial charge in [-0.05, 0) is 82.1 Å². The number of thioether (sulfide) groups is 1. The summed E-state index contributed by atoms with van der Waals surface area (Å²) in [6.45, 7) is 8.33. The van der Waals surface area contributed by atoms with Crippen LogP contribution in [0.3, 0.4) is 0 Å². The van der Waals surface area contributed by atoms with Gasteiger partial charge < -0.3 is 10.1 Å². The fourth-order valence-electron chi connectivity index (χ4n) is 4.41. The third-order valence-corrected chi connectivity index (χ3v) is 7.31. The Kier molecular flexibility index (Phi) is 7.90. The van der Waals surface area contributed by atoms with E-state index in [1.807, 2.05) is 56.3 Å². The number of ether oxygens (including phenoxy) is 1. The number of likely N-dealkylation sites (tertiary alicyclic amines) is 1. The molecule has 1 aromatic heterocycles. The molecule has 0 unspecified atom stereocenters. The third kappa shape index (κ3) is 5.45. The number of nitrogens with one attached hydrogen (secondary N) is 1. The van der Waals surface area contributed by atoms with Gasteiger partial charge in [0.1, 0.15) is 5.75 Å². The Morgan fingerprint density at radius 3 is 2.38 bits per heavy atom. The number of para-hydroxylation sites is 1. The molecule has 34 heavy (non-hydrogen) atoms. The van der Waals surface area contributed by atoms with Gasteiger partial charge >= 0.3 is 0 Å². The van der Waals surface area contributed by atoms with E-state index in [4.69, 9.17) is 4.74 Å². The summed E-state index contributed by atoms with van der Waals surface area (Å²) in [5, 5.41) is 12.9. The minimum absolute atomic E-state index is 0.0580. The van der Waals surface area contributed by atoms with Crippen LogP contribution in [0.15, 0.2) is 47.6 Å². The van der Waals surface area contributed by atoms with Gasteiger partial charge in [0.05, 0.1) is 18.9 Å². The number of aryl methyl sites for hydroxylation is 2. The quantitative estimate of drug-likeness (QED) is 0.450. The number of hydrogen-bond donors (Lipinski definition) is 1. The van der Waals surface area contributed by atoms with E-state index >= 15 is 0 Å². The highest BCUT2D eigenvalue weighted by Gasteiger charge is 2.26. The zero-order chi connectivity index (χ0) is 24.1. The van der Waals surface area contributed by atoms with Crippen molar-refractivity contribution in [1.29, 1.82) is 0 Å². The molecule has 0 aliphatic carbocycles. The Morgan fingerprint density at radius 2 is 1.74 bits per heavy atom. The van der Waals surface area contributed by atoms with Crippen LogP contribution in [0, 0.1) is 13.8 Å². The Hall–Kier alpha value is -2.84. The van der Waals surface area contributed by atoms with Crippen molar-refractivity contribution in [2.75, 3.05) is 31.3 Å². The van der Waals surface area contributed by atoms with Gasteiger partial charge in [-0.15, -0.1) is 10.2 Å². The summed E-state index contributed by atoms with van der Waals surface area (Å²) in [5.41, 5.74) is 3.95. The van der Waals surface area contributed by atoms with Crippen molar-refractivity contribution in [3.63, 3.8) is 0 Å². The topological polar surface area (TPSA) is 72.3 Å². The number of benzene rings is 2. The predicted octanol–water partition coefficient (Wildman–Crippen LogP) is 5.17. The standard InChI is InChI=1S/C26H33N5O2S/c1-18-9-8-10-19(2)24(18)27-23(32)17-34-26-29-28-25(20(3)30-15-6-5-7-16-30)31(26)21-11-13-22(33-4)14-12-21/h8-14,20H,5-7,15-17H2,1-4H3,(H,27,32)/t20-/m0/s1. The summed E-state index contributed by atoms with van der Waals surface area (Å²) < 4.78 is 7.42. The lowest BCUT2D eigenvalue weighted by atomic mass is 10.1. The van der Waals surface area contributed by atoms with E-state index in [1.54, 1.807) is 7.11 Å². The molecule has 3 aromatic rings. The first kappa shape index (κ1) is 24.3. The molecule has 0 saturated carbocycles. The zero-order valence-electron chi connectivity index (χ0n) is 20.4. The van der Waals surface area contributed by atoms with Crippen molar-refractivity contribution in [2.45, 2.75) is 51.2 Å². The molecule has 1 amide bonds. The van der Waals surface area contributed by atoms with Crippen LogP contribution in [-0.2, 0) is 4.79 Å². The summed E-state index contributed by atoms with van der Waals surface area (Å²) in [5.74, 6) is 1.88. The highest BCUT2D eigenvalue weighted by molar-refractivity contribution is 7.99. The molecule has 4 rings (SSSR count). The van der Waals surface area contributed by atoms with Crippen LogP contribution < -0.4 is 10.1 Å². The van der Waals surface area contributed by atoms with Crippen LogP contribution >= 0.6 is 11.8 Å². The van der Waals surface area contributed by atoms with Gasteiger partial charge in [0.25, 0.3) is 0 Å². The molecule has 1 fully saturated rings. The predicted molar refractivity (Wildman–Crippen MR) is 137 cm³/mol. The monoisotopic (exact) mass is 479 g/mol. The average Bonchev–Trinajstić information content (AvgIpc) is 3.29. The second kappa shape index (κ2) is 11.1. The van der Waals surface area contributed by atoms with Gasteiger partial charge in [0.15, 0.2) is 11.0 Å². The smallest absolute Gasteiger partial charge is 0.234 e. The summed E-state index contributed by atoms with van der Waals surface area (Å²) in [6.07, 6.45) is 3.70. The van der Waals surface area contributed by atoms with Crippen LogP contribution in [0.1, 0.15) is 49.2 Å². The minimum Gasteiger partial charge on any atom is -0.497 e. The van der Waals surface area contributed by atoms with Gasteiger partial charge in [-0.1, -0.05) is 36.4 Å². The van der Waals surface area contributed by atoms with E-state index in [1.165, 1.54) is 31.0 Å². The van der Waals surface area contributed by atoms with Crippen molar-refractivity contribution >= 4 is 23.4 Å². The largest absolute Gasteiger partial charge is 0.497 e. The first-order chi connectivity index (χ1) is 16.5. The molecule has 0 spiro atoms. The maximum absolute atomic E-state index is 12.8. The molecule has 7 nitrogen and oxygen atoms in total. The molecule has 2 heterocycles. The van der Waals surface area contributed by atoms with Gasteiger partial charge in [-0.2, -0.15) is 0 Å². The number of rotatable bonds is 8. The SMILES string of the molecule is COc1ccc(-n2c(SCC(=O)Nc3c(C)cccc3C)nnc2[C@H](C)N2CCCCC2)cc1. The van der Waals surface area contributed by atoms with Gasteiger partial charge in [-0.25, -0.2) is 0 Å². The summed E-state index contributed by atoms with van der Waals surface area (Å²) >= 11 is 1.40. The molecule has 1 saturated heterocycles. The molecule has 180 valence electrons. The van der Waals surface area contributed by atoms with Crippen LogP contribution in [0.4, 0.5) is 5.69 Å². The highest BCUT2D eigenvalue weighted by atomic mass is 32.2. The van der Waals surface area contributed by atoms with Crippen molar-refractivity contribution < 1.29 is 9.53 Å². The number of nitrogens with zero attached hydrogens (tertiary/aromatic N) is 4. The van der Waals surface area contributed by atoms with E-state index < -0.39 is 0 Å². The van der Waals surface area contributed by atoms with Gasteiger partial charge in [-0.3, -0.25) is 14.3 Å². The van der Waals surface area contributed by atoms with Crippen molar-refractivity contribution in [3.05, 3.63) is 59.4 Å². The van der Waals surface area contributed by atoms with E-state index in [9.17, 15) is 4.79 Å². The lowest BCUT2D eigenvalue weighted by Crippen LogP contribution is -2.33. The Balaban J connectivity index is 1.57. The van der Waals surface area contributed by atoms with Gasteiger partial charge in [0, 0.05) is 11.4 Å². The fraction of sp³-hybridized carbons (Fsp3) is 0.423. The summed E-state index contributed by atoms with van der Waals surface area (Å²) in [4.78, 5) is 15.3. The number of amides is 1. The molecule has 0 bridgehead atoms. The van der Waals surface area contributed by atoms with E-state index in [-0.39, 0.29) is 17.7 Å². The molecule has 1 aliphatic heterocycles. The Labute approximate surface area is 205 Å². The minimum atomic E-state index is -0.0580. The highest BCUT2D eigenvalue weighted by Crippen LogP contribution is 2.30. The van der Waals surface area contributed by atoms with Crippen LogP contribution in [0.5, 0.6) is 5.75 Å². The molecule has 2 aromatic carbocycles. The van der Waals surface area contributed by atoms with Crippen molar-refractivity contribution in [3.8, 4) is 11.4 Å². The van der Waals surface area contributed by atoms with Gasteiger partial charge in [0.2, 0.25) is 5.91 Å². The van der Waals surface area contributed by atoms with Crippen LogP contribution in [0.2, 0.25) is 0 Å². The number of methoxy groups -OCH3 is 1. The summed E-state index contributed by atoms with van der Waals surface area (Å²) in [7, 11) is 1.66. The van der Waals surface area contributed by atoms with Crippen molar-refractivity contribution in [1.82, 2.24) is 19.7 Å². The van der Waals surface area contributed by atoms with E-state index in [0.717, 1.165) is 47.2 Å². The third-order valence-electron chi connectivity index (χ3n) is 6.38. The van der Waals surface area contributed by atoms with Crippen molar-refractivity contribution in [2.24, 2.45) is 0 Å². The second-order valence-corrected chi connectivity index (χ2v) is 9.69. The lowest BCUT2D eigenvalue weighted by Gasteiger charge is -2.31. The molecule has 8 heteroatoms. The maximum Gasteiger partial charge on any atom is 0.234 e. The molecular weight excluding hydrogens is 446 g/mol. The zero-order valence-corrected chi connectivity index (χ0v) is 21.2. The van der Waals surface area contributed by atoms with E-state index in [0.29, 0.717) is 5.16 Å². The molecule has 0 radical (unpaired) electrons. The molecular formula is C26H33N5O2S. The van der Waals surface area contributed by atoms with Crippen LogP contribution in [0.25, 0.3) is 5.69 Å². The number of aromatic nitrogens is 3. The normalized spacial score (nSPS) is 15.2. The summed E-state index contributed by atoms with van der Waals surface area (Å²) in [6, 6.07) is 14.0. The second-order valence-electron chi connectivity index (χ2n) is 8.75.